The number of carbonyl (C=O) groups excluding carboxylic acids is 3. The predicted molar refractivity (Wildman–Crippen MR) is 218 cm³/mol. The third-order valence-corrected chi connectivity index (χ3v) is 11.2. The van der Waals surface area contributed by atoms with E-state index in [1.54, 1.807) is 57.5 Å². The summed E-state index contributed by atoms with van der Waals surface area (Å²) in [6.45, 7) is 7.19. The lowest BCUT2D eigenvalue weighted by Gasteiger charge is -2.32. The molecule has 0 spiro atoms. The maximum Gasteiger partial charge on any atom is 0.274 e. The van der Waals surface area contributed by atoms with Crippen molar-refractivity contribution in [3.8, 4) is 22.8 Å². The fraction of sp³-hybridized carbons (Fsp3) is 0.390. The largest absolute Gasteiger partial charge is 0.486 e. The lowest BCUT2D eigenvalue weighted by molar-refractivity contribution is -0.130. The van der Waals surface area contributed by atoms with E-state index in [1.807, 2.05) is 34.1 Å². The van der Waals surface area contributed by atoms with Crippen LogP contribution in [-0.4, -0.2) is 82.9 Å². The second-order valence-corrected chi connectivity index (χ2v) is 15.2. The summed E-state index contributed by atoms with van der Waals surface area (Å²) in [4.78, 5) is 49.6. The minimum Gasteiger partial charge on any atom is -0.486 e. The Kier molecular flexibility index (Phi) is 14.1. The van der Waals surface area contributed by atoms with Gasteiger partial charge in [0.2, 0.25) is 17.7 Å². The first kappa shape index (κ1) is 41.2. The molecule has 2 aliphatic heterocycles. The maximum absolute atomic E-state index is 13.2. The van der Waals surface area contributed by atoms with E-state index in [2.05, 4.69) is 25.9 Å². The molecule has 3 amide bonds. The van der Waals surface area contributed by atoms with Gasteiger partial charge in [-0.2, -0.15) is 0 Å². The van der Waals surface area contributed by atoms with Crippen molar-refractivity contribution < 1.29 is 23.9 Å². The highest BCUT2D eigenvalue weighted by Crippen LogP contribution is 2.41. The minimum atomic E-state index is -0.411. The first-order valence-corrected chi connectivity index (χ1v) is 19.8. The summed E-state index contributed by atoms with van der Waals surface area (Å²) in [5, 5.41) is 10.9. The lowest BCUT2D eigenvalue weighted by atomic mass is 10.0. The predicted octanol–water partition coefficient (Wildman–Crippen LogP) is 7.14. The van der Waals surface area contributed by atoms with Crippen molar-refractivity contribution in [3.05, 3.63) is 98.4 Å². The number of nitrogens with zero attached hydrogens (tertiary/aromatic N) is 4. The molecule has 6 rings (SSSR count). The van der Waals surface area contributed by atoms with Crippen LogP contribution in [0.4, 0.5) is 5.69 Å². The summed E-state index contributed by atoms with van der Waals surface area (Å²) < 4.78 is 11.7. The number of hydrogen-bond donors (Lipinski definition) is 3. The summed E-state index contributed by atoms with van der Waals surface area (Å²) in [5.41, 5.74) is 4.03. The Morgan fingerprint density at radius 3 is 2.11 bits per heavy atom. The van der Waals surface area contributed by atoms with Crippen molar-refractivity contribution in [1.82, 2.24) is 30.4 Å². The number of pyridine rings is 2. The highest BCUT2D eigenvalue weighted by molar-refractivity contribution is 6.39. The number of anilines is 1. The van der Waals surface area contributed by atoms with E-state index in [0.29, 0.717) is 75.4 Å². The molecule has 296 valence electrons. The van der Waals surface area contributed by atoms with Gasteiger partial charge in [-0.05, 0) is 55.5 Å². The highest BCUT2D eigenvalue weighted by atomic mass is 35.5. The van der Waals surface area contributed by atoms with Gasteiger partial charge in [0.25, 0.3) is 5.91 Å². The number of halogens is 3. The Morgan fingerprint density at radius 1 is 0.839 bits per heavy atom. The van der Waals surface area contributed by atoms with Gasteiger partial charge >= 0.3 is 0 Å². The molecule has 3 N–H and O–H groups in total. The summed E-state index contributed by atoms with van der Waals surface area (Å²) in [6.07, 6.45) is 5.55. The molecule has 2 fully saturated rings. The van der Waals surface area contributed by atoms with Gasteiger partial charge < -0.3 is 35.2 Å². The normalized spacial score (nSPS) is 17.0. The Morgan fingerprint density at radius 2 is 1.48 bits per heavy atom. The van der Waals surface area contributed by atoms with Gasteiger partial charge in [-0.15, -0.1) is 0 Å². The van der Waals surface area contributed by atoms with E-state index < -0.39 is 5.91 Å². The quantitative estimate of drug-likeness (QED) is 0.129. The van der Waals surface area contributed by atoms with E-state index in [0.717, 1.165) is 49.9 Å². The smallest absolute Gasteiger partial charge is 0.274 e. The zero-order chi connectivity index (χ0) is 39.8. The van der Waals surface area contributed by atoms with Crippen molar-refractivity contribution in [1.29, 1.82) is 0 Å². The molecule has 2 aromatic heterocycles. The number of amides is 3. The van der Waals surface area contributed by atoms with Crippen LogP contribution in [0.5, 0.6) is 11.6 Å². The number of carbonyl (C=O) groups is 3. The SMILES string of the molecule is COc1nc(COc2cccc(-c3cccc(NC(=O)c4ccc(CNC5CCCN(C(C)=O)C5)cn4)c3Cl)c2Cl)c(Cl)cc1CNC1CCCN(C(C)=O)C1. The molecule has 2 saturated heterocycles. The minimum absolute atomic E-state index is 0.0208. The Hall–Kier alpha value is -4.46. The molecule has 4 heterocycles. The number of nitrogens with one attached hydrogen (secondary N) is 3. The number of ether oxygens (including phenoxy) is 2. The highest BCUT2D eigenvalue weighted by Gasteiger charge is 2.24. The molecule has 2 unspecified atom stereocenters. The molecule has 56 heavy (non-hydrogen) atoms. The van der Waals surface area contributed by atoms with Crippen LogP contribution in [0.3, 0.4) is 0 Å². The van der Waals surface area contributed by atoms with E-state index in [1.165, 1.54) is 0 Å². The molecule has 15 heteroatoms. The molecule has 4 aromatic rings. The third-order valence-electron chi connectivity index (χ3n) is 10.1. The number of hydrogen-bond acceptors (Lipinski definition) is 9. The lowest BCUT2D eigenvalue weighted by Crippen LogP contribution is -2.47. The number of aromatic nitrogens is 2. The van der Waals surface area contributed by atoms with Crippen LogP contribution < -0.4 is 25.4 Å². The van der Waals surface area contributed by atoms with E-state index >= 15 is 0 Å². The fourth-order valence-electron chi connectivity index (χ4n) is 6.99. The second-order valence-electron chi connectivity index (χ2n) is 14.0. The first-order valence-electron chi connectivity index (χ1n) is 18.7. The molecule has 0 radical (unpaired) electrons. The molecule has 12 nitrogen and oxygen atoms in total. The molecule has 2 atom stereocenters. The molecule has 2 aromatic carbocycles. The van der Waals surface area contributed by atoms with E-state index in [4.69, 9.17) is 44.3 Å². The van der Waals surface area contributed by atoms with Crippen molar-refractivity contribution >= 4 is 58.2 Å². The van der Waals surface area contributed by atoms with Crippen LogP contribution >= 0.6 is 34.8 Å². The summed E-state index contributed by atoms with van der Waals surface area (Å²) in [6, 6.07) is 16.4. The van der Waals surface area contributed by atoms with Gasteiger partial charge in [-0.3, -0.25) is 19.4 Å². The van der Waals surface area contributed by atoms with Gasteiger partial charge in [-0.1, -0.05) is 65.1 Å². The average Bonchev–Trinajstić information content (AvgIpc) is 3.20. The molecule has 0 saturated carbocycles. The number of likely N-dealkylation sites (tertiary alicyclic amines) is 2. The average molecular weight is 823 g/mol. The van der Waals surface area contributed by atoms with E-state index in [-0.39, 0.29) is 36.2 Å². The zero-order valence-corrected chi connectivity index (χ0v) is 33.9. The molecule has 0 bridgehead atoms. The Bertz CT molecular complexity index is 2050. The zero-order valence-electron chi connectivity index (χ0n) is 31.7. The van der Waals surface area contributed by atoms with Crippen LogP contribution in [-0.2, 0) is 29.3 Å². The van der Waals surface area contributed by atoms with Crippen LogP contribution in [0.15, 0.2) is 60.8 Å². The van der Waals surface area contributed by atoms with Crippen LogP contribution in [0.2, 0.25) is 15.1 Å². The number of methoxy groups -OCH3 is 1. The van der Waals surface area contributed by atoms with Crippen molar-refractivity contribution in [3.63, 3.8) is 0 Å². The Labute approximate surface area is 342 Å². The van der Waals surface area contributed by atoms with Gasteiger partial charge in [0.15, 0.2) is 0 Å². The van der Waals surface area contributed by atoms with Crippen LogP contribution in [0.25, 0.3) is 11.1 Å². The summed E-state index contributed by atoms with van der Waals surface area (Å²) in [7, 11) is 1.55. The number of rotatable bonds is 13. The van der Waals surface area contributed by atoms with Gasteiger partial charge in [0.1, 0.15) is 23.7 Å². The topological polar surface area (TPSA) is 138 Å². The second kappa shape index (κ2) is 19.1. The summed E-state index contributed by atoms with van der Waals surface area (Å²) in [5.74, 6) is 0.572. The molecular formula is C41H46Cl3N7O5. The summed E-state index contributed by atoms with van der Waals surface area (Å²) >= 11 is 20.5. The first-order chi connectivity index (χ1) is 27.0. The number of benzene rings is 2. The molecular weight excluding hydrogens is 777 g/mol. The van der Waals surface area contributed by atoms with Gasteiger partial charge in [0, 0.05) is 88.1 Å². The van der Waals surface area contributed by atoms with Gasteiger partial charge in [-0.25, -0.2) is 4.98 Å². The Balaban J connectivity index is 1.07. The number of piperidine rings is 2. The van der Waals surface area contributed by atoms with Crippen molar-refractivity contribution in [2.75, 3.05) is 38.6 Å². The van der Waals surface area contributed by atoms with Crippen LogP contribution in [0.1, 0.15) is 66.8 Å². The van der Waals surface area contributed by atoms with Crippen LogP contribution in [0, 0.1) is 0 Å². The van der Waals surface area contributed by atoms with Gasteiger partial charge in [0.05, 0.1) is 27.9 Å². The molecule has 0 aliphatic carbocycles. The van der Waals surface area contributed by atoms with Crippen molar-refractivity contribution in [2.45, 2.75) is 71.3 Å². The maximum atomic E-state index is 13.2. The third kappa shape index (κ3) is 10.3. The molecule has 2 aliphatic rings. The standard InChI is InChI=1S/C41H46Cl3N7O5/c1-25(52)50-16-6-8-29(22-50)45-19-27-14-15-35(47-20-27)40(54)48-34-12-4-10-31(38(34)43)32-11-5-13-37(39(32)44)56-24-36-33(42)18-28(41(49-36)55-3)21-46-30-9-7-17-51(23-30)26(2)53/h4-5,10-15,18,20,29-30,45-46H,6-9,16-17,19,21-24H2,1-3H3,(H,48,54). The van der Waals surface area contributed by atoms with Crippen molar-refractivity contribution in [2.24, 2.45) is 0 Å². The monoisotopic (exact) mass is 821 g/mol. The van der Waals surface area contributed by atoms with E-state index in [9.17, 15) is 14.4 Å². The fourth-order valence-corrected chi connectivity index (χ4v) is 7.77.